The Labute approximate surface area is 128 Å². The van der Waals surface area contributed by atoms with E-state index in [4.69, 9.17) is 5.73 Å². The van der Waals surface area contributed by atoms with Crippen LogP contribution in [0.2, 0.25) is 0 Å². The maximum absolute atomic E-state index is 5.90. The molecule has 3 nitrogen and oxygen atoms in total. The molecule has 0 amide bonds. The highest BCUT2D eigenvalue weighted by Gasteiger charge is 2.10. The molecule has 5 heteroatoms. The van der Waals surface area contributed by atoms with E-state index < -0.39 is 0 Å². The van der Waals surface area contributed by atoms with Crippen molar-refractivity contribution in [3.63, 3.8) is 0 Å². The standard InChI is InChI=1S/C13H13BrIN3/c1-6-4-9(5-7(2)10(6)14)13-17-8(3)11(15)12(16)18-13/h4-5H,1-3H3,(H2,16,17,18). The molecule has 1 heterocycles. The lowest BCUT2D eigenvalue weighted by molar-refractivity contribution is 1.10. The summed E-state index contributed by atoms with van der Waals surface area (Å²) in [6.45, 7) is 6.06. The molecule has 0 aliphatic carbocycles. The fourth-order valence-electron chi connectivity index (χ4n) is 1.79. The predicted molar refractivity (Wildman–Crippen MR) is 86.5 cm³/mol. The Hall–Kier alpha value is -0.690. The Morgan fingerprint density at radius 1 is 1.11 bits per heavy atom. The fourth-order valence-corrected chi connectivity index (χ4v) is 2.26. The van der Waals surface area contributed by atoms with Gasteiger partial charge < -0.3 is 5.73 Å². The number of nitrogens with two attached hydrogens (primary N) is 1. The minimum atomic E-state index is 0.538. The summed E-state index contributed by atoms with van der Waals surface area (Å²) in [6.07, 6.45) is 0. The van der Waals surface area contributed by atoms with Crippen LogP contribution in [0.3, 0.4) is 0 Å². The summed E-state index contributed by atoms with van der Waals surface area (Å²) in [5.74, 6) is 1.22. The van der Waals surface area contributed by atoms with Crippen LogP contribution in [0.25, 0.3) is 11.4 Å². The molecule has 0 saturated heterocycles. The van der Waals surface area contributed by atoms with Gasteiger partial charge in [0.1, 0.15) is 5.82 Å². The van der Waals surface area contributed by atoms with Gasteiger partial charge in [-0.25, -0.2) is 9.97 Å². The highest BCUT2D eigenvalue weighted by molar-refractivity contribution is 14.1. The van der Waals surface area contributed by atoms with Crippen molar-refractivity contribution in [1.29, 1.82) is 0 Å². The third-order valence-corrected chi connectivity index (χ3v) is 5.32. The van der Waals surface area contributed by atoms with Crippen molar-refractivity contribution in [3.8, 4) is 11.4 Å². The van der Waals surface area contributed by atoms with Crippen LogP contribution in [0.15, 0.2) is 16.6 Å². The molecule has 18 heavy (non-hydrogen) atoms. The molecule has 0 atom stereocenters. The Balaban J connectivity index is 2.63. The first-order valence-corrected chi connectivity index (χ1v) is 7.34. The van der Waals surface area contributed by atoms with E-state index in [0.29, 0.717) is 11.6 Å². The second-order valence-electron chi connectivity index (χ2n) is 4.26. The molecule has 94 valence electrons. The van der Waals surface area contributed by atoms with Gasteiger partial charge in [0.05, 0.1) is 9.26 Å². The van der Waals surface area contributed by atoms with Crippen LogP contribution < -0.4 is 5.73 Å². The van der Waals surface area contributed by atoms with Gasteiger partial charge in [0.2, 0.25) is 0 Å². The summed E-state index contributed by atoms with van der Waals surface area (Å²) in [5, 5.41) is 0. The molecule has 1 aromatic heterocycles. The summed E-state index contributed by atoms with van der Waals surface area (Å²) in [4.78, 5) is 8.86. The SMILES string of the molecule is Cc1cc(-c2nc(C)c(I)c(N)n2)cc(C)c1Br. The Morgan fingerprint density at radius 3 is 2.17 bits per heavy atom. The summed E-state index contributed by atoms with van der Waals surface area (Å²) in [6, 6.07) is 4.14. The molecule has 0 radical (unpaired) electrons. The van der Waals surface area contributed by atoms with E-state index in [-0.39, 0.29) is 0 Å². The van der Waals surface area contributed by atoms with Crippen molar-refractivity contribution >= 4 is 44.3 Å². The van der Waals surface area contributed by atoms with Crippen molar-refractivity contribution in [2.75, 3.05) is 5.73 Å². The molecular formula is C13H13BrIN3. The Bertz CT molecular complexity index is 524. The van der Waals surface area contributed by atoms with Gasteiger partial charge in [0.25, 0.3) is 0 Å². The molecule has 0 aliphatic rings. The van der Waals surface area contributed by atoms with Crippen LogP contribution >= 0.6 is 38.5 Å². The zero-order valence-corrected chi connectivity index (χ0v) is 14.1. The normalized spacial score (nSPS) is 10.7. The third kappa shape index (κ3) is 2.51. The molecule has 1 aromatic carbocycles. The van der Waals surface area contributed by atoms with Gasteiger partial charge in [0.15, 0.2) is 5.82 Å². The van der Waals surface area contributed by atoms with Gasteiger partial charge in [-0.2, -0.15) is 0 Å². The number of rotatable bonds is 1. The van der Waals surface area contributed by atoms with E-state index in [1.807, 2.05) is 6.92 Å². The summed E-state index contributed by atoms with van der Waals surface area (Å²) >= 11 is 5.73. The third-order valence-electron chi connectivity index (χ3n) is 2.74. The number of nitrogen functional groups attached to an aromatic ring is 1. The molecule has 0 spiro atoms. The lowest BCUT2D eigenvalue weighted by Crippen LogP contribution is -2.02. The highest BCUT2D eigenvalue weighted by Crippen LogP contribution is 2.28. The maximum atomic E-state index is 5.90. The zero-order chi connectivity index (χ0) is 13.4. The van der Waals surface area contributed by atoms with Crippen LogP contribution in [0.5, 0.6) is 0 Å². The number of aryl methyl sites for hydroxylation is 3. The second-order valence-corrected chi connectivity index (χ2v) is 6.13. The van der Waals surface area contributed by atoms with Crippen LogP contribution in [0.4, 0.5) is 5.82 Å². The number of anilines is 1. The minimum Gasteiger partial charge on any atom is -0.383 e. The largest absolute Gasteiger partial charge is 0.383 e. The van der Waals surface area contributed by atoms with Crippen molar-refractivity contribution in [1.82, 2.24) is 9.97 Å². The Kier molecular flexibility index (Phi) is 3.91. The van der Waals surface area contributed by atoms with Crippen LogP contribution in [-0.4, -0.2) is 9.97 Å². The van der Waals surface area contributed by atoms with Gasteiger partial charge >= 0.3 is 0 Å². The zero-order valence-electron chi connectivity index (χ0n) is 10.4. The topological polar surface area (TPSA) is 51.8 Å². The minimum absolute atomic E-state index is 0.538. The van der Waals surface area contributed by atoms with Gasteiger partial charge in [-0.15, -0.1) is 0 Å². The van der Waals surface area contributed by atoms with Gasteiger partial charge in [-0.1, -0.05) is 15.9 Å². The number of aromatic nitrogens is 2. The van der Waals surface area contributed by atoms with E-state index >= 15 is 0 Å². The second kappa shape index (κ2) is 5.13. The molecule has 0 saturated carbocycles. The average Bonchev–Trinajstić information content (AvgIpc) is 2.31. The van der Waals surface area contributed by atoms with Crippen LogP contribution in [-0.2, 0) is 0 Å². The van der Waals surface area contributed by atoms with Gasteiger partial charge in [0, 0.05) is 10.0 Å². The van der Waals surface area contributed by atoms with E-state index in [0.717, 1.165) is 19.3 Å². The van der Waals surface area contributed by atoms with Crippen molar-refractivity contribution in [2.24, 2.45) is 0 Å². The first-order valence-electron chi connectivity index (χ1n) is 5.47. The number of benzene rings is 1. The number of halogens is 2. The van der Waals surface area contributed by atoms with E-state index in [2.05, 4.69) is 74.5 Å². The first kappa shape index (κ1) is 13.7. The number of hydrogen-bond acceptors (Lipinski definition) is 3. The van der Waals surface area contributed by atoms with Crippen molar-refractivity contribution < 1.29 is 0 Å². The summed E-state index contributed by atoms with van der Waals surface area (Å²) in [7, 11) is 0. The number of nitrogens with zero attached hydrogens (tertiary/aromatic N) is 2. The lowest BCUT2D eigenvalue weighted by Gasteiger charge is -2.09. The molecule has 0 fully saturated rings. The van der Waals surface area contributed by atoms with E-state index in [1.165, 1.54) is 11.1 Å². The van der Waals surface area contributed by atoms with E-state index in [9.17, 15) is 0 Å². The molecule has 0 aliphatic heterocycles. The fraction of sp³-hybridized carbons (Fsp3) is 0.231. The highest BCUT2D eigenvalue weighted by atomic mass is 127. The molecule has 2 N–H and O–H groups in total. The number of hydrogen-bond donors (Lipinski definition) is 1. The lowest BCUT2D eigenvalue weighted by atomic mass is 10.1. The van der Waals surface area contributed by atoms with Crippen molar-refractivity contribution in [3.05, 3.63) is 37.0 Å². The van der Waals surface area contributed by atoms with Gasteiger partial charge in [-0.05, 0) is 66.6 Å². The van der Waals surface area contributed by atoms with Crippen molar-refractivity contribution in [2.45, 2.75) is 20.8 Å². The predicted octanol–water partition coefficient (Wildman–Crippen LogP) is 4.02. The average molecular weight is 418 g/mol. The molecule has 0 bridgehead atoms. The molecule has 2 aromatic rings. The van der Waals surface area contributed by atoms with Gasteiger partial charge in [-0.3, -0.25) is 0 Å². The summed E-state index contributed by atoms with van der Waals surface area (Å²) in [5.41, 5.74) is 10.1. The Morgan fingerprint density at radius 2 is 1.67 bits per heavy atom. The van der Waals surface area contributed by atoms with Crippen LogP contribution in [0, 0.1) is 24.3 Å². The molecular weight excluding hydrogens is 405 g/mol. The van der Waals surface area contributed by atoms with E-state index in [1.54, 1.807) is 0 Å². The maximum Gasteiger partial charge on any atom is 0.161 e. The smallest absolute Gasteiger partial charge is 0.161 e. The molecule has 2 rings (SSSR count). The summed E-state index contributed by atoms with van der Waals surface area (Å²) < 4.78 is 2.04. The first-order chi connectivity index (χ1) is 8.40. The quantitative estimate of drug-likeness (QED) is 0.713. The molecule has 0 unspecified atom stereocenters. The van der Waals surface area contributed by atoms with Crippen LogP contribution in [0.1, 0.15) is 16.8 Å². The monoisotopic (exact) mass is 417 g/mol.